The Morgan fingerprint density at radius 3 is 3.00 bits per heavy atom. The van der Waals surface area contributed by atoms with Crippen molar-refractivity contribution in [3.63, 3.8) is 0 Å². The van der Waals surface area contributed by atoms with Crippen LogP contribution >= 0.6 is 0 Å². The first-order valence-electron chi connectivity index (χ1n) is 9.67. The summed E-state index contributed by atoms with van der Waals surface area (Å²) in [5.41, 5.74) is 2.56. The van der Waals surface area contributed by atoms with Crippen molar-refractivity contribution < 1.29 is 4.79 Å². The molecule has 132 valence electrons. The third kappa shape index (κ3) is 2.56. The molecule has 5 heterocycles. The zero-order valence-electron chi connectivity index (χ0n) is 14.9. The van der Waals surface area contributed by atoms with E-state index in [1.54, 1.807) is 0 Å². The summed E-state index contributed by atoms with van der Waals surface area (Å²) in [5, 5.41) is 0. The Kier molecular flexibility index (Phi) is 3.59. The summed E-state index contributed by atoms with van der Waals surface area (Å²) in [4.78, 5) is 22.5. The van der Waals surface area contributed by atoms with Gasteiger partial charge in [0.2, 0.25) is 0 Å². The van der Waals surface area contributed by atoms with Crippen LogP contribution in [-0.4, -0.2) is 57.3 Å². The van der Waals surface area contributed by atoms with Gasteiger partial charge < -0.3 is 9.30 Å². The van der Waals surface area contributed by atoms with Gasteiger partial charge in [-0.3, -0.25) is 9.69 Å². The molecule has 1 amide bonds. The van der Waals surface area contributed by atoms with Crippen molar-refractivity contribution in [3.05, 3.63) is 35.8 Å². The van der Waals surface area contributed by atoms with Crippen LogP contribution in [0.1, 0.15) is 41.9 Å². The lowest BCUT2D eigenvalue weighted by atomic mass is 9.76. The van der Waals surface area contributed by atoms with Crippen molar-refractivity contribution in [2.24, 2.45) is 11.8 Å². The molecule has 0 saturated carbocycles. The molecule has 3 fully saturated rings. The number of aromatic nitrogens is 2. The maximum atomic E-state index is 13.1. The summed E-state index contributed by atoms with van der Waals surface area (Å²) in [6.45, 7) is 6.28. The quantitative estimate of drug-likeness (QED) is 0.802. The second-order valence-corrected chi connectivity index (χ2v) is 8.15. The summed E-state index contributed by atoms with van der Waals surface area (Å²) < 4.78 is 2.01. The molecule has 0 radical (unpaired) electrons. The minimum Gasteiger partial charge on any atom is -0.337 e. The first kappa shape index (κ1) is 15.4. The summed E-state index contributed by atoms with van der Waals surface area (Å²) in [6.07, 6.45) is 7.22. The number of carbonyl (C=O) groups excluding carboxylic acids is 1. The largest absolute Gasteiger partial charge is 0.337 e. The molecule has 0 aliphatic carbocycles. The Hall–Kier alpha value is -1.88. The van der Waals surface area contributed by atoms with E-state index in [-0.39, 0.29) is 5.91 Å². The highest BCUT2D eigenvalue weighted by Crippen LogP contribution is 2.37. The molecule has 3 atom stereocenters. The number of imidazole rings is 1. The monoisotopic (exact) mass is 338 g/mol. The Morgan fingerprint density at radius 1 is 1.20 bits per heavy atom. The Bertz CT molecular complexity index is 813. The normalized spacial score (nSPS) is 29.6. The zero-order chi connectivity index (χ0) is 17.0. The van der Waals surface area contributed by atoms with Crippen molar-refractivity contribution >= 4 is 11.6 Å². The lowest BCUT2D eigenvalue weighted by molar-refractivity contribution is -0.0244. The number of carbonyl (C=O) groups is 1. The van der Waals surface area contributed by atoms with Gasteiger partial charge in [-0.05, 0) is 56.7 Å². The van der Waals surface area contributed by atoms with Crippen LogP contribution in [0.4, 0.5) is 0 Å². The highest BCUT2D eigenvalue weighted by Gasteiger charge is 2.42. The van der Waals surface area contributed by atoms with Crippen LogP contribution in [0.15, 0.2) is 24.4 Å². The lowest BCUT2D eigenvalue weighted by Gasteiger charge is -2.52. The van der Waals surface area contributed by atoms with Crippen molar-refractivity contribution in [1.29, 1.82) is 0 Å². The average molecular weight is 338 g/mol. The third-order valence-corrected chi connectivity index (χ3v) is 6.47. The smallest absolute Gasteiger partial charge is 0.274 e. The fourth-order valence-corrected chi connectivity index (χ4v) is 5.35. The van der Waals surface area contributed by atoms with Gasteiger partial charge in [0.15, 0.2) is 0 Å². The van der Waals surface area contributed by atoms with Crippen LogP contribution in [-0.2, 0) is 0 Å². The maximum Gasteiger partial charge on any atom is 0.274 e. The fourth-order valence-electron chi connectivity index (χ4n) is 5.35. The molecule has 5 rings (SSSR count). The third-order valence-electron chi connectivity index (χ3n) is 6.47. The van der Waals surface area contributed by atoms with Crippen LogP contribution in [0.3, 0.4) is 0 Å². The molecule has 3 aliphatic rings. The van der Waals surface area contributed by atoms with Crippen LogP contribution < -0.4 is 0 Å². The van der Waals surface area contributed by atoms with E-state index in [0.29, 0.717) is 23.6 Å². The summed E-state index contributed by atoms with van der Waals surface area (Å²) >= 11 is 0. The van der Waals surface area contributed by atoms with Gasteiger partial charge in [0.1, 0.15) is 11.3 Å². The van der Waals surface area contributed by atoms with E-state index < -0.39 is 0 Å². The number of aryl methyl sites for hydroxylation is 1. The van der Waals surface area contributed by atoms with Crippen molar-refractivity contribution in [1.82, 2.24) is 19.2 Å². The highest BCUT2D eigenvalue weighted by molar-refractivity contribution is 5.93. The predicted molar refractivity (Wildman–Crippen MR) is 96.6 cm³/mol. The van der Waals surface area contributed by atoms with E-state index in [9.17, 15) is 4.79 Å². The number of amides is 1. The van der Waals surface area contributed by atoms with E-state index in [2.05, 4.69) is 14.8 Å². The fraction of sp³-hybridized carbons (Fsp3) is 0.600. The minimum absolute atomic E-state index is 0.113. The molecule has 0 spiro atoms. The topological polar surface area (TPSA) is 40.9 Å². The predicted octanol–water partition coefficient (Wildman–Crippen LogP) is 2.59. The Balaban J connectivity index is 1.39. The van der Waals surface area contributed by atoms with Gasteiger partial charge in [0.25, 0.3) is 5.91 Å². The van der Waals surface area contributed by atoms with Gasteiger partial charge in [0, 0.05) is 37.6 Å². The second-order valence-electron chi connectivity index (χ2n) is 8.15. The van der Waals surface area contributed by atoms with Crippen LogP contribution in [0.25, 0.3) is 5.65 Å². The van der Waals surface area contributed by atoms with E-state index >= 15 is 0 Å². The molecule has 2 bridgehead atoms. The van der Waals surface area contributed by atoms with Gasteiger partial charge in [-0.1, -0.05) is 12.5 Å². The molecular weight excluding hydrogens is 312 g/mol. The number of pyridine rings is 1. The SMILES string of the molecule is Cc1cccc2nc(C(=O)N3C[C@@H]4C[C@H](C3)[C@@H]3CCCCN3C4)cn12. The maximum absolute atomic E-state index is 13.1. The molecule has 3 saturated heterocycles. The molecule has 5 nitrogen and oxygen atoms in total. The highest BCUT2D eigenvalue weighted by atomic mass is 16.2. The van der Waals surface area contributed by atoms with E-state index in [0.717, 1.165) is 24.4 Å². The number of hydrogen-bond donors (Lipinski definition) is 0. The van der Waals surface area contributed by atoms with Crippen LogP contribution in [0.2, 0.25) is 0 Å². The molecule has 2 aromatic heterocycles. The van der Waals surface area contributed by atoms with Crippen molar-refractivity contribution in [3.8, 4) is 0 Å². The number of piperidine rings is 3. The number of nitrogens with zero attached hydrogens (tertiary/aromatic N) is 4. The van der Waals surface area contributed by atoms with E-state index in [1.807, 2.05) is 35.7 Å². The lowest BCUT2D eigenvalue weighted by Crippen LogP contribution is -2.59. The first-order chi connectivity index (χ1) is 12.2. The molecule has 2 aromatic rings. The standard InChI is InChI=1S/C20H26N4O/c1-14-5-4-7-19-21-17(13-24(14)19)20(25)23-11-15-9-16(12-23)18-6-2-3-8-22(18)10-15/h4-5,7,13,15-16,18H,2-3,6,8-12H2,1H3/t15-,16-,18+/m1/s1. The zero-order valence-corrected chi connectivity index (χ0v) is 14.9. The molecular formula is C20H26N4O. The van der Waals surface area contributed by atoms with Gasteiger partial charge in [-0.2, -0.15) is 0 Å². The average Bonchev–Trinajstić information content (AvgIpc) is 3.06. The number of likely N-dealkylation sites (tertiary alicyclic amines) is 1. The molecule has 25 heavy (non-hydrogen) atoms. The van der Waals surface area contributed by atoms with E-state index in [1.165, 1.54) is 38.8 Å². The number of fused-ring (bicyclic) bond motifs is 5. The minimum atomic E-state index is 0.113. The van der Waals surface area contributed by atoms with Crippen LogP contribution in [0, 0.1) is 18.8 Å². The van der Waals surface area contributed by atoms with Crippen molar-refractivity contribution in [2.75, 3.05) is 26.2 Å². The molecule has 0 N–H and O–H groups in total. The molecule has 0 unspecified atom stereocenters. The summed E-state index contributed by atoms with van der Waals surface area (Å²) in [6, 6.07) is 6.71. The van der Waals surface area contributed by atoms with Crippen LogP contribution in [0.5, 0.6) is 0 Å². The summed E-state index contributed by atoms with van der Waals surface area (Å²) in [5.74, 6) is 1.40. The number of rotatable bonds is 1. The Morgan fingerprint density at radius 2 is 2.12 bits per heavy atom. The van der Waals surface area contributed by atoms with E-state index in [4.69, 9.17) is 0 Å². The first-order valence-corrected chi connectivity index (χ1v) is 9.67. The van der Waals surface area contributed by atoms with Crippen molar-refractivity contribution in [2.45, 2.75) is 38.6 Å². The molecule has 5 heteroatoms. The van der Waals surface area contributed by atoms with Gasteiger partial charge in [-0.25, -0.2) is 4.98 Å². The van der Waals surface area contributed by atoms with Gasteiger partial charge in [0.05, 0.1) is 0 Å². The second kappa shape index (κ2) is 5.84. The van der Waals surface area contributed by atoms with Gasteiger partial charge in [-0.15, -0.1) is 0 Å². The van der Waals surface area contributed by atoms with Gasteiger partial charge >= 0.3 is 0 Å². The molecule has 3 aliphatic heterocycles. The summed E-state index contributed by atoms with van der Waals surface area (Å²) in [7, 11) is 0. The Labute approximate surface area is 148 Å². The molecule has 0 aromatic carbocycles. The number of hydrogen-bond acceptors (Lipinski definition) is 3.